The maximum absolute atomic E-state index is 12.4. The molecule has 0 unspecified atom stereocenters. The van der Waals surface area contributed by atoms with E-state index in [0.717, 1.165) is 15.0 Å². The summed E-state index contributed by atoms with van der Waals surface area (Å²) in [5.41, 5.74) is 4.09. The van der Waals surface area contributed by atoms with Crippen LogP contribution in [0.25, 0.3) is 10.2 Å². The summed E-state index contributed by atoms with van der Waals surface area (Å²) in [5, 5.41) is 2.87. The summed E-state index contributed by atoms with van der Waals surface area (Å²) in [4.78, 5) is 17.6. The van der Waals surface area contributed by atoms with Crippen molar-refractivity contribution in [3.63, 3.8) is 0 Å². The van der Waals surface area contributed by atoms with Crippen LogP contribution in [0.2, 0.25) is 0 Å². The first-order valence-corrected chi connectivity index (χ1v) is 9.94. The van der Waals surface area contributed by atoms with Gasteiger partial charge in [0, 0.05) is 12.6 Å². The van der Waals surface area contributed by atoms with Crippen LogP contribution in [0.15, 0.2) is 47.5 Å². The highest BCUT2D eigenvalue weighted by Crippen LogP contribution is 2.22. The van der Waals surface area contributed by atoms with Crippen LogP contribution in [0.1, 0.15) is 42.3 Å². The standard InChI is InChI=1S/C21H23N3OS2/c1-13-6-11-16-17(12-13)27-20(24(16)5)23-19(26)22-18(25)14-7-9-15(10-8-14)21(2,3)4/h6-12H,1-5H3,(H,22,25,26). The molecule has 0 aliphatic carbocycles. The molecule has 1 aromatic heterocycles. The highest BCUT2D eigenvalue weighted by molar-refractivity contribution is 7.80. The van der Waals surface area contributed by atoms with E-state index in [4.69, 9.17) is 12.2 Å². The number of nitrogens with one attached hydrogen (secondary N) is 1. The Balaban J connectivity index is 1.80. The Bertz CT molecular complexity index is 1080. The summed E-state index contributed by atoms with van der Waals surface area (Å²) in [7, 11) is 1.95. The Morgan fingerprint density at radius 3 is 2.44 bits per heavy atom. The van der Waals surface area contributed by atoms with Gasteiger partial charge in [-0.05, 0) is 59.9 Å². The predicted octanol–water partition coefficient (Wildman–Crippen LogP) is 4.46. The van der Waals surface area contributed by atoms with Crippen molar-refractivity contribution in [2.75, 3.05) is 0 Å². The molecule has 0 spiro atoms. The minimum atomic E-state index is -0.246. The number of rotatable bonds is 1. The molecular formula is C21H23N3OS2. The Hall–Kier alpha value is -2.31. The molecule has 0 aliphatic heterocycles. The number of aromatic nitrogens is 1. The van der Waals surface area contributed by atoms with E-state index in [1.54, 1.807) is 11.3 Å². The second-order valence-corrected chi connectivity index (χ2v) is 9.01. The molecule has 1 N–H and O–H groups in total. The fourth-order valence-corrected chi connectivity index (χ4v) is 4.11. The first-order chi connectivity index (χ1) is 12.6. The molecule has 4 nitrogen and oxygen atoms in total. The molecule has 0 atom stereocenters. The molecule has 1 amide bonds. The summed E-state index contributed by atoms with van der Waals surface area (Å²) in [6.07, 6.45) is 0. The minimum absolute atomic E-state index is 0.0495. The van der Waals surface area contributed by atoms with Crippen molar-refractivity contribution in [2.24, 2.45) is 12.0 Å². The number of benzene rings is 2. The fraction of sp³-hybridized carbons (Fsp3) is 0.286. The van der Waals surface area contributed by atoms with Gasteiger partial charge in [-0.1, -0.05) is 50.3 Å². The van der Waals surface area contributed by atoms with Gasteiger partial charge in [-0.3, -0.25) is 10.1 Å². The van der Waals surface area contributed by atoms with Crippen molar-refractivity contribution >= 4 is 44.8 Å². The third kappa shape index (κ3) is 4.34. The predicted molar refractivity (Wildman–Crippen MR) is 116 cm³/mol. The van der Waals surface area contributed by atoms with Gasteiger partial charge in [-0.25, -0.2) is 0 Å². The third-order valence-electron chi connectivity index (χ3n) is 4.40. The number of aryl methyl sites for hydroxylation is 2. The first-order valence-electron chi connectivity index (χ1n) is 8.72. The van der Waals surface area contributed by atoms with Crippen molar-refractivity contribution in [2.45, 2.75) is 33.1 Å². The number of amides is 1. The summed E-state index contributed by atoms with van der Waals surface area (Å²) in [6.45, 7) is 8.49. The summed E-state index contributed by atoms with van der Waals surface area (Å²) >= 11 is 6.83. The average molecular weight is 398 g/mol. The van der Waals surface area contributed by atoms with Gasteiger partial charge >= 0.3 is 0 Å². The zero-order chi connectivity index (χ0) is 19.8. The van der Waals surface area contributed by atoms with Gasteiger partial charge in [0.05, 0.1) is 10.2 Å². The lowest BCUT2D eigenvalue weighted by atomic mass is 9.87. The number of thiazole rings is 1. The lowest BCUT2D eigenvalue weighted by molar-refractivity contribution is 0.0977. The second-order valence-electron chi connectivity index (χ2n) is 7.61. The molecule has 3 aromatic rings. The highest BCUT2D eigenvalue weighted by Gasteiger charge is 2.14. The maximum atomic E-state index is 12.4. The van der Waals surface area contributed by atoms with E-state index in [2.05, 4.69) is 56.2 Å². The van der Waals surface area contributed by atoms with Gasteiger partial charge in [-0.2, -0.15) is 4.99 Å². The Morgan fingerprint density at radius 1 is 1.15 bits per heavy atom. The van der Waals surface area contributed by atoms with Crippen LogP contribution >= 0.6 is 23.6 Å². The van der Waals surface area contributed by atoms with Crippen LogP contribution in [0, 0.1) is 6.92 Å². The largest absolute Gasteiger partial charge is 0.319 e. The topological polar surface area (TPSA) is 46.4 Å². The highest BCUT2D eigenvalue weighted by atomic mass is 32.1. The van der Waals surface area contributed by atoms with Gasteiger partial charge in [0.2, 0.25) is 5.11 Å². The van der Waals surface area contributed by atoms with Crippen LogP contribution in [0.3, 0.4) is 0 Å². The lowest BCUT2D eigenvalue weighted by Crippen LogP contribution is -2.29. The zero-order valence-electron chi connectivity index (χ0n) is 16.2. The number of hydrogen-bond acceptors (Lipinski definition) is 3. The van der Waals surface area contributed by atoms with Crippen LogP contribution in [0.4, 0.5) is 0 Å². The molecule has 0 saturated carbocycles. The van der Waals surface area contributed by atoms with Gasteiger partial charge < -0.3 is 4.57 Å². The number of carbonyl (C=O) groups is 1. The molecule has 2 aromatic carbocycles. The number of thiocarbonyl (C=S) groups is 1. The lowest BCUT2D eigenvalue weighted by Gasteiger charge is -2.18. The van der Waals surface area contributed by atoms with Crippen LogP contribution in [-0.4, -0.2) is 15.6 Å². The molecule has 3 rings (SSSR count). The monoisotopic (exact) mass is 397 g/mol. The summed E-state index contributed by atoms with van der Waals surface area (Å²) in [6, 6.07) is 13.9. The van der Waals surface area contributed by atoms with Crippen LogP contribution < -0.4 is 10.1 Å². The maximum Gasteiger partial charge on any atom is 0.257 e. The van der Waals surface area contributed by atoms with E-state index in [0.29, 0.717) is 5.56 Å². The van der Waals surface area contributed by atoms with E-state index in [9.17, 15) is 4.79 Å². The molecule has 27 heavy (non-hydrogen) atoms. The summed E-state index contributed by atoms with van der Waals surface area (Å²) < 4.78 is 3.12. The van der Waals surface area contributed by atoms with Crippen molar-refractivity contribution in [3.8, 4) is 0 Å². The van der Waals surface area contributed by atoms with Gasteiger partial charge in [0.25, 0.3) is 5.91 Å². The van der Waals surface area contributed by atoms with Gasteiger partial charge in [-0.15, -0.1) is 0 Å². The molecule has 140 valence electrons. The minimum Gasteiger partial charge on any atom is -0.319 e. The smallest absolute Gasteiger partial charge is 0.257 e. The number of carbonyl (C=O) groups excluding carboxylic acids is 1. The van der Waals surface area contributed by atoms with Crippen LogP contribution in [0.5, 0.6) is 0 Å². The van der Waals surface area contributed by atoms with Crippen molar-refractivity contribution in [1.29, 1.82) is 0 Å². The zero-order valence-corrected chi connectivity index (χ0v) is 17.8. The van der Waals surface area contributed by atoms with Crippen molar-refractivity contribution in [3.05, 3.63) is 64.0 Å². The first kappa shape index (κ1) is 19.5. The number of hydrogen-bond donors (Lipinski definition) is 1. The molecule has 0 aliphatic rings. The van der Waals surface area contributed by atoms with Gasteiger partial charge in [0.1, 0.15) is 0 Å². The molecule has 0 radical (unpaired) electrons. The van der Waals surface area contributed by atoms with Crippen molar-refractivity contribution in [1.82, 2.24) is 9.88 Å². The summed E-state index contributed by atoms with van der Waals surface area (Å²) in [5.74, 6) is -0.246. The van der Waals surface area contributed by atoms with Crippen LogP contribution in [-0.2, 0) is 12.5 Å². The average Bonchev–Trinajstić information content (AvgIpc) is 2.89. The van der Waals surface area contributed by atoms with E-state index in [1.165, 1.54) is 11.1 Å². The quantitative estimate of drug-likeness (QED) is 0.616. The number of nitrogens with zero attached hydrogens (tertiary/aromatic N) is 2. The third-order valence-corrected chi connectivity index (χ3v) is 5.68. The van der Waals surface area contributed by atoms with Gasteiger partial charge in [0.15, 0.2) is 4.80 Å². The Kier molecular flexibility index (Phi) is 5.31. The molecule has 0 saturated heterocycles. The SMILES string of the molecule is Cc1ccc2c(c1)sc(=NC(=S)NC(=O)c1ccc(C(C)(C)C)cc1)n2C. The molecule has 0 bridgehead atoms. The van der Waals surface area contributed by atoms with E-state index >= 15 is 0 Å². The van der Waals surface area contributed by atoms with E-state index < -0.39 is 0 Å². The van der Waals surface area contributed by atoms with Crippen molar-refractivity contribution < 1.29 is 4.79 Å². The normalized spacial score (nSPS) is 12.4. The molecule has 0 fully saturated rings. The molecule has 6 heteroatoms. The van der Waals surface area contributed by atoms with E-state index in [-0.39, 0.29) is 16.4 Å². The second kappa shape index (κ2) is 7.37. The fourth-order valence-electron chi connectivity index (χ4n) is 2.75. The van der Waals surface area contributed by atoms with E-state index in [1.807, 2.05) is 35.9 Å². The molecular weight excluding hydrogens is 374 g/mol. The number of fused-ring (bicyclic) bond motifs is 1. The Labute approximate surface area is 168 Å². The molecule has 1 heterocycles. The Morgan fingerprint density at radius 2 is 1.81 bits per heavy atom.